The summed E-state index contributed by atoms with van der Waals surface area (Å²) in [7, 11) is 0. The van der Waals surface area contributed by atoms with Crippen molar-refractivity contribution in [2.45, 2.75) is 129 Å². The molecule has 4 aromatic rings. The van der Waals surface area contributed by atoms with Gasteiger partial charge in [-0.05, 0) is 99.0 Å². The summed E-state index contributed by atoms with van der Waals surface area (Å²) < 4.78 is 0. The fraction of sp³-hybridized carbons (Fsp3) is 0.577. The molecule has 0 unspecified atom stereocenters. The first-order valence-corrected chi connectivity index (χ1v) is 26.0. The summed E-state index contributed by atoms with van der Waals surface area (Å²) in [6, 6.07) is 11.7. The number of para-hydroxylation sites is 2. The largest absolute Gasteiger partial charge is 0.370 e. The Morgan fingerprint density at radius 2 is 0.890 bits per heavy atom. The number of fused-ring (bicyclic) bond motifs is 2. The van der Waals surface area contributed by atoms with Crippen LogP contribution in [0, 0.1) is 17.8 Å². The molecule has 0 saturated heterocycles. The molecule has 0 aliphatic carbocycles. The van der Waals surface area contributed by atoms with Gasteiger partial charge in [0.15, 0.2) is 0 Å². The molecule has 0 spiro atoms. The first kappa shape index (κ1) is 58.8. The van der Waals surface area contributed by atoms with Gasteiger partial charge in [0.05, 0.1) is 12.1 Å². The van der Waals surface area contributed by atoms with Gasteiger partial charge in [-0.15, -0.1) is 0 Å². The Balaban J connectivity index is 1.31. The van der Waals surface area contributed by atoms with Crippen molar-refractivity contribution in [2.75, 3.05) is 45.8 Å². The van der Waals surface area contributed by atoms with Crippen molar-refractivity contribution in [3.8, 4) is 0 Å². The van der Waals surface area contributed by atoms with Gasteiger partial charge in [0.25, 0.3) is 0 Å². The van der Waals surface area contributed by atoms with Crippen molar-refractivity contribution in [2.24, 2.45) is 35.0 Å². The van der Waals surface area contributed by atoms with E-state index in [1.54, 1.807) is 0 Å². The molecule has 11 amide bonds. The smallest absolute Gasteiger partial charge is 0.315 e. The molecule has 0 aliphatic rings. The molecule has 6 atom stereocenters. The van der Waals surface area contributed by atoms with E-state index >= 15 is 0 Å². The van der Waals surface area contributed by atoms with Crippen molar-refractivity contribution in [1.82, 2.24) is 63.1 Å². The van der Waals surface area contributed by atoms with Gasteiger partial charge in [0.1, 0.15) is 0 Å². The topological polar surface area (TPSA) is 332 Å². The summed E-state index contributed by atoms with van der Waals surface area (Å²) in [6.07, 6.45) is 9.63. The van der Waals surface area contributed by atoms with Gasteiger partial charge in [0, 0.05) is 91.5 Å². The van der Waals surface area contributed by atoms with Gasteiger partial charge in [0.2, 0.25) is 5.91 Å². The maximum atomic E-state index is 13.7. The van der Waals surface area contributed by atoms with E-state index in [4.69, 9.17) is 17.2 Å². The maximum Gasteiger partial charge on any atom is 0.315 e. The number of hydrogen-bond donors (Lipinski definition) is 15. The molecule has 2 aromatic heterocycles. The number of aromatic amines is 2. The lowest BCUT2D eigenvalue weighted by Crippen LogP contribution is -2.55. The summed E-state index contributed by atoms with van der Waals surface area (Å²) in [6.45, 7) is 11.9. The Labute approximate surface area is 430 Å². The number of hydrogen-bond acceptors (Lipinski definition) is 8. The number of unbranched alkanes of at least 4 members (excludes halogenated alkanes) is 2. The lowest BCUT2D eigenvalue weighted by atomic mass is 9.99. The Morgan fingerprint density at radius 3 is 1.37 bits per heavy atom. The van der Waals surface area contributed by atoms with E-state index in [0.29, 0.717) is 51.7 Å². The van der Waals surface area contributed by atoms with Gasteiger partial charge < -0.3 is 80.3 Å². The van der Waals surface area contributed by atoms with Crippen molar-refractivity contribution in [3.05, 3.63) is 72.1 Å². The molecule has 21 nitrogen and oxygen atoms in total. The average molecular weight is 1020 g/mol. The van der Waals surface area contributed by atoms with Gasteiger partial charge >= 0.3 is 30.2 Å². The zero-order valence-corrected chi connectivity index (χ0v) is 43.6. The van der Waals surface area contributed by atoms with Crippen LogP contribution in [-0.4, -0.2) is 122 Å². The standard InChI is InChI=1S/C52H85N15O6/c1-33(2)43(20-21-47(55)68)66-52(73)60-30-39(15-11-13-23-54)63-48(69)61-31-40(25-37-28-57-45-19-9-7-17-42(37)45)65-49(70)59-29-38(14-10-12-22-53)64-50(71)62-32-46(34(3)4)67-51(72)58-26-35(5)24-36-27-56-44-18-8-6-16-41(36)44/h6-9,16-19,27-28,33-35,38-40,43,46,56-57H,10-15,20-26,29-32,53-54H2,1-5H3,(H2,55,68)(H2,58,67,72)(H2,59,65,70)(H2,60,66,73)(H2,61,63,69)(H2,62,64,71)/t35-,38-,39-,40-,43+,46+/m0/s1. The van der Waals surface area contributed by atoms with E-state index in [1.807, 2.05) is 82.6 Å². The zero-order chi connectivity index (χ0) is 53.1. The first-order chi connectivity index (χ1) is 35.0. The molecular weight excluding hydrogens is 931 g/mol. The molecule has 0 radical (unpaired) electrons. The van der Waals surface area contributed by atoms with Crippen molar-refractivity contribution in [3.63, 3.8) is 0 Å². The van der Waals surface area contributed by atoms with Crippen LogP contribution >= 0.6 is 0 Å². The second kappa shape index (κ2) is 31.7. The zero-order valence-electron chi connectivity index (χ0n) is 43.6. The number of carbonyl (C=O) groups is 6. The number of urea groups is 5. The summed E-state index contributed by atoms with van der Waals surface area (Å²) in [5, 5.41) is 31.7. The van der Waals surface area contributed by atoms with Gasteiger partial charge in [-0.3, -0.25) is 4.79 Å². The molecule has 21 heteroatoms. The minimum Gasteiger partial charge on any atom is -0.370 e. The lowest BCUT2D eigenvalue weighted by molar-refractivity contribution is -0.118. The van der Waals surface area contributed by atoms with Gasteiger partial charge in [-0.25, -0.2) is 24.0 Å². The Hall–Kier alpha value is -6.74. The van der Waals surface area contributed by atoms with E-state index in [-0.39, 0.29) is 68.5 Å². The third-order valence-electron chi connectivity index (χ3n) is 13.0. The average Bonchev–Trinajstić information content (AvgIpc) is 3.96. The van der Waals surface area contributed by atoms with Crippen LogP contribution in [0.5, 0.6) is 0 Å². The van der Waals surface area contributed by atoms with Crippen LogP contribution < -0.4 is 70.4 Å². The fourth-order valence-electron chi connectivity index (χ4n) is 8.60. The SMILES string of the molecule is CC(C)[C@@H](CCC(N)=O)NC(=O)NC[C@H](CCCCN)NC(=O)NC[C@H](Cc1c[nH]c2ccccc12)NC(=O)NC[C@H](CCCCN)NC(=O)NC[C@@H](NC(=O)NC[C@@H](C)Cc1c[nH]c2ccccc12)C(C)C. The highest BCUT2D eigenvalue weighted by Gasteiger charge is 2.23. The normalized spacial score (nSPS) is 13.8. The molecule has 0 aliphatic heterocycles. The highest BCUT2D eigenvalue weighted by Crippen LogP contribution is 2.21. The van der Waals surface area contributed by atoms with Crippen LogP contribution in [-0.2, 0) is 17.6 Å². The number of aromatic nitrogens is 2. The second-order valence-electron chi connectivity index (χ2n) is 19.9. The van der Waals surface area contributed by atoms with E-state index in [1.165, 1.54) is 10.9 Å². The fourth-order valence-corrected chi connectivity index (χ4v) is 8.60. The molecule has 18 N–H and O–H groups in total. The number of carbonyl (C=O) groups excluding carboxylic acids is 6. The monoisotopic (exact) mass is 1020 g/mol. The van der Waals surface area contributed by atoms with E-state index < -0.39 is 48.2 Å². The minimum absolute atomic E-state index is 0.0152. The minimum atomic E-state index is -0.565. The molecule has 73 heavy (non-hydrogen) atoms. The summed E-state index contributed by atoms with van der Waals surface area (Å²) in [5.41, 5.74) is 21.0. The van der Waals surface area contributed by atoms with E-state index in [9.17, 15) is 28.8 Å². The number of H-pyrrole nitrogens is 2. The quantitative estimate of drug-likeness (QED) is 0.0313. The molecule has 0 fully saturated rings. The molecule has 2 heterocycles. The Kier molecular flexibility index (Phi) is 25.5. The number of benzene rings is 2. The molecule has 0 saturated carbocycles. The number of amides is 11. The van der Waals surface area contributed by atoms with Crippen LogP contribution in [0.25, 0.3) is 21.8 Å². The summed E-state index contributed by atoms with van der Waals surface area (Å²) >= 11 is 0. The van der Waals surface area contributed by atoms with Crippen LogP contribution in [0.1, 0.15) is 97.1 Å². The predicted octanol–water partition coefficient (Wildman–Crippen LogP) is 4.25. The van der Waals surface area contributed by atoms with Crippen LogP contribution in [0.4, 0.5) is 24.0 Å². The number of primary amides is 1. The second-order valence-corrected chi connectivity index (χ2v) is 19.9. The first-order valence-electron chi connectivity index (χ1n) is 26.0. The highest BCUT2D eigenvalue weighted by molar-refractivity contribution is 5.84. The molecule has 4 rings (SSSR count). The summed E-state index contributed by atoms with van der Waals surface area (Å²) in [5.74, 6) is -0.174. The number of nitrogens with two attached hydrogens (primary N) is 3. The Morgan fingerprint density at radius 1 is 0.479 bits per heavy atom. The van der Waals surface area contributed by atoms with Crippen LogP contribution in [0.2, 0.25) is 0 Å². The molecule has 0 bridgehead atoms. The predicted molar refractivity (Wildman–Crippen MR) is 289 cm³/mol. The van der Waals surface area contributed by atoms with Gasteiger partial charge in [-0.2, -0.15) is 0 Å². The van der Waals surface area contributed by atoms with Crippen LogP contribution in [0.15, 0.2) is 60.9 Å². The number of nitrogens with one attached hydrogen (secondary N) is 12. The Bertz CT molecular complexity index is 2320. The summed E-state index contributed by atoms with van der Waals surface area (Å²) in [4.78, 5) is 84.4. The third kappa shape index (κ3) is 21.9. The molecular formula is C52H85N15O6. The molecule has 2 aromatic carbocycles. The van der Waals surface area contributed by atoms with Crippen molar-refractivity contribution in [1.29, 1.82) is 0 Å². The van der Waals surface area contributed by atoms with Gasteiger partial charge in [-0.1, -0.05) is 83.9 Å². The lowest BCUT2D eigenvalue weighted by Gasteiger charge is -2.25. The van der Waals surface area contributed by atoms with Crippen LogP contribution in [0.3, 0.4) is 0 Å². The maximum absolute atomic E-state index is 13.7. The van der Waals surface area contributed by atoms with E-state index in [0.717, 1.165) is 47.7 Å². The third-order valence-corrected chi connectivity index (χ3v) is 13.0. The van der Waals surface area contributed by atoms with E-state index in [2.05, 4.69) is 76.1 Å². The molecule has 404 valence electrons. The van der Waals surface area contributed by atoms with Crippen molar-refractivity contribution < 1.29 is 28.8 Å². The van der Waals surface area contributed by atoms with Crippen molar-refractivity contribution >= 4 is 57.9 Å². The highest BCUT2D eigenvalue weighted by atomic mass is 16.2. The number of rotatable bonds is 32.